The summed E-state index contributed by atoms with van der Waals surface area (Å²) in [5.74, 6) is -0.0392. The van der Waals surface area contributed by atoms with Crippen molar-refractivity contribution in [3.8, 4) is 6.07 Å². The molecule has 4 nitrogen and oxygen atoms in total. The smallest absolute Gasteiger partial charge is 0.225 e. The summed E-state index contributed by atoms with van der Waals surface area (Å²) in [5, 5.41) is 11.8. The van der Waals surface area contributed by atoms with Crippen molar-refractivity contribution in [2.24, 2.45) is 0 Å². The minimum atomic E-state index is -0.0392. The Kier molecular flexibility index (Phi) is 7.38. The lowest BCUT2D eigenvalue weighted by Crippen LogP contribution is -2.28. The summed E-state index contributed by atoms with van der Waals surface area (Å²) in [5.41, 5.74) is 1.09. The summed E-state index contributed by atoms with van der Waals surface area (Å²) in [6.45, 7) is 7.03. The second-order valence-electron chi connectivity index (χ2n) is 4.74. The number of amides is 1. The van der Waals surface area contributed by atoms with E-state index >= 15 is 0 Å². The van der Waals surface area contributed by atoms with E-state index in [1.807, 2.05) is 6.07 Å². The van der Waals surface area contributed by atoms with Crippen molar-refractivity contribution in [2.75, 3.05) is 25.0 Å². The molecular weight excluding hydrogens is 250 g/mol. The maximum absolute atomic E-state index is 11.9. The van der Waals surface area contributed by atoms with Gasteiger partial charge in [0.05, 0.1) is 11.3 Å². The maximum atomic E-state index is 11.9. The number of nitriles is 1. The molecule has 0 aliphatic rings. The lowest BCUT2D eigenvalue weighted by Gasteiger charge is -2.19. The third-order valence-electron chi connectivity index (χ3n) is 3.25. The van der Waals surface area contributed by atoms with Gasteiger partial charge in [-0.15, -0.1) is 0 Å². The largest absolute Gasteiger partial charge is 0.325 e. The van der Waals surface area contributed by atoms with Gasteiger partial charge >= 0.3 is 0 Å². The molecule has 0 spiro atoms. The number of benzene rings is 1. The zero-order valence-corrected chi connectivity index (χ0v) is 12.4. The third kappa shape index (κ3) is 5.41. The number of unbranched alkanes of at least 4 members (excludes halogenated alkanes) is 1. The maximum Gasteiger partial charge on any atom is 0.225 e. The second-order valence-corrected chi connectivity index (χ2v) is 4.74. The molecule has 0 radical (unpaired) electrons. The number of carbonyl (C=O) groups excluding carboxylic acids is 1. The van der Waals surface area contributed by atoms with E-state index < -0.39 is 0 Å². The average molecular weight is 273 g/mol. The highest BCUT2D eigenvalue weighted by Gasteiger charge is 2.08. The molecule has 0 fully saturated rings. The Labute approximate surface area is 121 Å². The van der Waals surface area contributed by atoms with Gasteiger partial charge < -0.3 is 10.2 Å². The molecule has 108 valence electrons. The van der Waals surface area contributed by atoms with Gasteiger partial charge in [0.25, 0.3) is 0 Å². The molecule has 0 aliphatic carbocycles. The first kappa shape index (κ1) is 16.2. The molecule has 0 aromatic heterocycles. The Morgan fingerprint density at radius 2 is 2.05 bits per heavy atom. The van der Waals surface area contributed by atoms with Crippen molar-refractivity contribution in [1.29, 1.82) is 5.26 Å². The summed E-state index contributed by atoms with van der Waals surface area (Å²) in [7, 11) is 0. The number of anilines is 1. The minimum Gasteiger partial charge on any atom is -0.325 e. The molecule has 0 aliphatic heterocycles. The van der Waals surface area contributed by atoms with Crippen molar-refractivity contribution >= 4 is 11.6 Å². The molecule has 1 aromatic rings. The normalized spacial score (nSPS) is 10.3. The highest BCUT2D eigenvalue weighted by atomic mass is 16.1. The first-order valence-corrected chi connectivity index (χ1v) is 7.22. The molecule has 20 heavy (non-hydrogen) atoms. The van der Waals surface area contributed by atoms with Crippen LogP contribution in [0.2, 0.25) is 0 Å². The molecule has 0 atom stereocenters. The van der Waals surface area contributed by atoms with Gasteiger partial charge in [0.1, 0.15) is 6.07 Å². The van der Waals surface area contributed by atoms with Crippen LogP contribution in [0.15, 0.2) is 24.3 Å². The summed E-state index contributed by atoms with van der Waals surface area (Å²) >= 11 is 0. The van der Waals surface area contributed by atoms with Gasteiger partial charge in [0.15, 0.2) is 0 Å². The zero-order chi connectivity index (χ0) is 14.8. The highest BCUT2D eigenvalue weighted by Crippen LogP contribution is 2.13. The molecule has 0 heterocycles. The number of carbonyl (C=O) groups is 1. The monoisotopic (exact) mass is 273 g/mol. The fraction of sp³-hybridized carbons (Fsp3) is 0.500. The van der Waals surface area contributed by atoms with Gasteiger partial charge in [-0.3, -0.25) is 4.79 Å². The molecule has 0 bridgehead atoms. The summed E-state index contributed by atoms with van der Waals surface area (Å²) in [4.78, 5) is 14.2. The average Bonchev–Trinajstić information content (AvgIpc) is 2.48. The Morgan fingerprint density at radius 1 is 1.30 bits per heavy atom. The SMILES string of the molecule is CCCCN(CC)CCC(=O)Nc1ccccc1C#N. The number of hydrogen-bond donors (Lipinski definition) is 1. The summed E-state index contributed by atoms with van der Waals surface area (Å²) in [6.07, 6.45) is 2.78. The van der Waals surface area contributed by atoms with Crippen LogP contribution in [0.5, 0.6) is 0 Å². The van der Waals surface area contributed by atoms with Crippen LogP contribution in [0, 0.1) is 11.3 Å². The number of rotatable bonds is 8. The molecule has 0 unspecified atom stereocenters. The Morgan fingerprint density at radius 3 is 2.70 bits per heavy atom. The molecule has 1 aromatic carbocycles. The summed E-state index contributed by atoms with van der Waals surface area (Å²) < 4.78 is 0. The van der Waals surface area contributed by atoms with Crippen molar-refractivity contribution in [2.45, 2.75) is 33.1 Å². The van der Waals surface area contributed by atoms with Crippen molar-refractivity contribution in [3.05, 3.63) is 29.8 Å². The van der Waals surface area contributed by atoms with Crippen LogP contribution in [-0.2, 0) is 4.79 Å². The van der Waals surface area contributed by atoms with Gasteiger partial charge in [0.2, 0.25) is 5.91 Å². The zero-order valence-electron chi connectivity index (χ0n) is 12.4. The van der Waals surface area contributed by atoms with Crippen LogP contribution in [0.25, 0.3) is 0 Å². The van der Waals surface area contributed by atoms with Crippen molar-refractivity contribution in [1.82, 2.24) is 4.90 Å². The van der Waals surface area contributed by atoms with E-state index in [9.17, 15) is 4.79 Å². The Bertz CT molecular complexity index is 465. The van der Waals surface area contributed by atoms with E-state index in [1.54, 1.807) is 18.2 Å². The second kappa shape index (κ2) is 9.11. The third-order valence-corrected chi connectivity index (χ3v) is 3.25. The molecule has 1 N–H and O–H groups in total. The fourth-order valence-electron chi connectivity index (χ4n) is 1.97. The molecule has 4 heteroatoms. The number of hydrogen-bond acceptors (Lipinski definition) is 3. The Balaban J connectivity index is 2.45. The van der Waals surface area contributed by atoms with Gasteiger partial charge in [-0.1, -0.05) is 32.4 Å². The van der Waals surface area contributed by atoms with E-state index in [-0.39, 0.29) is 5.91 Å². The summed E-state index contributed by atoms with van der Waals surface area (Å²) in [6, 6.07) is 9.14. The lowest BCUT2D eigenvalue weighted by atomic mass is 10.2. The van der Waals surface area contributed by atoms with Gasteiger partial charge in [-0.05, 0) is 31.6 Å². The van der Waals surface area contributed by atoms with Crippen LogP contribution in [-0.4, -0.2) is 30.4 Å². The van der Waals surface area contributed by atoms with E-state index in [4.69, 9.17) is 5.26 Å². The predicted octanol–water partition coefficient (Wildman–Crippen LogP) is 3.01. The number of para-hydroxylation sites is 1. The predicted molar refractivity (Wildman–Crippen MR) is 81.4 cm³/mol. The number of nitrogens with zero attached hydrogens (tertiary/aromatic N) is 2. The molecular formula is C16H23N3O. The number of nitrogens with one attached hydrogen (secondary N) is 1. The van der Waals surface area contributed by atoms with Crippen molar-refractivity contribution in [3.63, 3.8) is 0 Å². The highest BCUT2D eigenvalue weighted by molar-refractivity contribution is 5.92. The topological polar surface area (TPSA) is 56.1 Å². The van der Waals surface area contributed by atoms with Crippen LogP contribution in [0.3, 0.4) is 0 Å². The molecule has 1 amide bonds. The molecule has 1 rings (SSSR count). The van der Waals surface area contributed by atoms with E-state index in [2.05, 4.69) is 30.1 Å². The van der Waals surface area contributed by atoms with Crippen LogP contribution < -0.4 is 5.32 Å². The first-order valence-electron chi connectivity index (χ1n) is 7.22. The standard InChI is InChI=1S/C16H23N3O/c1-3-5-11-19(4-2)12-10-16(20)18-15-9-7-6-8-14(15)13-17/h6-9H,3-5,10-12H2,1-2H3,(H,18,20). The Hall–Kier alpha value is -1.86. The fourth-order valence-corrected chi connectivity index (χ4v) is 1.97. The van der Waals surface area contributed by atoms with Gasteiger partial charge in [-0.2, -0.15) is 5.26 Å². The quantitative estimate of drug-likeness (QED) is 0.792. The lowest BCUT2D eigenvalue weighted by molar-refractivity contribution is -0.116. The van der Waals surface area contributed by atoms with Crippen LogP contribution >= 0.6 is 0 Å². The van der Waals surface area contributed by atoms with E-state index in [0.29, 0.717) is 17.7 Å². The minimum absolute atomic E-state index is 0.0392. The van der Waals surface area contributed by atoms with Gasteiger partial charge in [0, 0.05) is 13.0 Å². The molecule has 0 saturated heterocycles. The van der Waals surface area contributed by atoms with Crippen LogP contribution in [0.1, 0.15) is 38.7 Å². The van der Waals surface area contributed by atoms with Crippen LogP contribution in [0.4, 0.5) is 5.69 Å². The molecule has 0 saturated carbocycles. The van der Waals surface area contributed by atoms with E-state index in [1.165, 1.54) is 0 Å². The van der Waals surface area contributed by atoms with E-state index in [0.717, 1.165) is 32.5 Å². The van der Waals surface area contributed by atoms with Gasteiger partial charge in [-0.25, -0.2) is 0 Å². The first-order chi connectivity index (χ1) is 9.71. The van der Waals surface area contributed by atoms with Crippen molar-refractivity contribution < 1.29 is 4.79 Å².